The normalized spacial score (nSPS) is 16.9. The molecule has 2 aromatic heterocycles. The van der Waals surface area contributed by atoms with Crippen molar-refractivity contribution in [2.75, 3.05) is 24.5 Å². The second kappa shape index (κ2) is 10.0. The van der Waals surface area contributed by atoms with Gasteiger partial charge in [-0.25, -0.2) is 22.2 Å². The van der Waals surface area contributed by atoms with E-state index in [0.29, 0.717) is 29.2 Å². The molecule has 0 radical (unpaired) electrons. The fourth-order valence-electron chi connectivity index (χ4n) is 4.29. The molecule has 12 heteroatoms. The molecular weight excluding hydrogens is 508 g/mol. The Morgan fingerprint density at radius 1 is 1.14 bits per heavy atom. The van der Waals surface area contributed by atoms with E-state index >= 15 is 0 Å². The van der Waals surface area contributed by atoms with E-state index in [9.17, 15) is 22.0 Å². The lowest BCUT2D eigenvalue weighted by Gasteiger charge is -2.33. The van der Waals surface area contributed by atoms with Gasteiger partial charge in [0.2, 0.25) is 15.9 Å². The maximum Gasteiger partial charge on any atom is 0.243 e. The molecule has 0 N–H and O–H groups in total. The summed E-state index contributed by atoms with van der Waals surface area (Å²) in [4.78, 5) is 19.7. The topological polar surface area (TPSA) is 88.4 Å². The minimum atomic E-state index is -3.89. The van der Waals surface area contributed by atoms with Crippen molar-refractivity contribution in [1.29, 1.82) is 0 Å². The number of carbonyl (C=O) groups is 1. The van der Waals surface area contributed by atoms with Crippen LogP contribution in [-0.2, 0) is 21.4 Å². The summed E-state index contributed by atoms with van der Waals surface area (Å²) in [6.45, 7) is 0.893. The molecule has 1 saturated heterocycles. The summed E-state index contributed by atoms with van der Waals surface area (Å²) in [5.74, 6) is -1.88. The van der Waals surface area contributed by atoms with E-state index in [2.05, 4.69) is 10.1 Å². The van der Waals surface area contributed by atoms with Gasteiger partial charge in [0.1, 0.15) is 17.2 Å². The highest BCUT2D eigenvalue weighted by molar-refractivity contribution is 7.89. The number of halogens is 2. The molecule has 0 spiro atoms. The second-order valence-electron chi connectivity index (χ2n) is 8.50. The van der Waals surface area contributed by atoms with E-state index < -0.39 is 27.6 Å². The van der Waals surface area contributed by atoms with Gasteiger partial charge in [0.15, 0.2) is 5.13 Å². The molecule has 5 rings (SSSR count). The van der Waals surface area contributed by atoms with E-state index in [1.165, 1.54) is 38.7 Å². The molecular formula is C24H23F2N5O3S2. The number of para-hydroxylation sites is 1. The number of anilines is 1. The van der Waals surface area contributed by atoms with Gasteiger partial charge in [-0.1, -0.05) is 17.4 Å². The van der Waals surface area contributed by atoms with Crippen molar-refractivity contribution in [1.82, 2.24) is 19.1 Å². The molecule has 3 heterocycles. The molecule has 36 heavy (non-hydrogen) atoms. The van der Waals surface area contributed by atoms with E-state index in [-0.39, 0.29) is 36.0 Å². The smallest absolute Gasteiger partial charge is 0.243 e. The average Bonchev–Trinajstić information content (AvgIpc) is 3.55. The number of nitrogens with zero attached hydrogens (tertiary/aromatic N) is 5. The highest BCUT2D eigenvalue weighted by atomic mass is 32.2. The van der Waals surface area contributed by atoms with E-state index in [1.54, 1.807) is 35.3 Å². The number of aromatic nitrogens is 3. The lowest BCUT2D eigenvalue weighted by Crippen LogP contribution is -2.47. The SMILES string of the molecule is O=C(C1CCCN(S(=O)(=O)c2ccc(F)cc2)C1)N(CCn1cccn1)c1nc2c(F)cccc2s1. The van der Waals surface area contributed by atoms with Crippen LogP contribution >= 0.6 is 11.3 Å². The highest BCUT2D eigenvalue weighted by Crippen LogP contribution is 2.33. The third-order valence-electron chi connectivity index (χ3n) is 6.15. The van der Waals surface area contributed by atoms with Crippen LogP contribution in [-0.4, -0.2) is 53.0 Å². The number of piperidine rings is 1. The number of thiazole rings is 1. The van der Waals surface area contributed by atoms with E-state index in [0.717, 1.165) is 12.1 Å². The van der Waals surface area contributed by atoms with Gasteiger partial charge < -0.3 is 0 Å². The number of sulfonamides is 1. The molecule has 0 bridgehead atoms. The van der Waals surface area contributed by atoms with Crippen molar-refractivity contribution >= 4 is 42.6 Å². The van der Waals surface area contributed by atoms with Crippen LogP contribution < -0.4 is 4.90 Å². The third kappa shape index (κ3) is 4.88. The van der Waals surface area contributed by atoms with Gasteiger partial charge in [-0.3, -0.25) is 14.4 Å². The minimum absolute atomic E-state index is 0.00390. The second-order valence-corrected chi connectivity index (χ2v) is 11.4. The largest absolute Gasteiger partial charge is 0.286 e. The van der Waals surface area contributed by atoms with E-state index in [4.69, 9.17) is 0 Å². The molecule has 8 nitrogen and oxygen atoms in total. The van der Waals surface area contributed by atoms with Crippen LogP contribution in [0.1, 0.15) is 12.8 Å². The average molecular weight is 532 g/mol. The highest BCUT2D eigenvalue weighted by Gasteiger charge is 2.36. The summed E-state index contributed by atoms with van der Waals surface area (Å²) < 4.78 is 57.5. The van der Waals surface area contributed by atoms with Crippen LogP contribution in [0.4, 0.5) is 13.9 Å². The predicted molar refractivity (Wildman–Crippen MR) is 132 cm³/mol. The first kappa shape index (κ1) is 24.5. The molecule has 1 fully saturated rings. The maximum atomic E-state index is 14.3. The summed E-state index contributed by atoms with van der Waals surface area (Å²) in [6, 6.07) is 11.1. The molecule has 1 aliphatic rings. The lowest BCUT2D eigenvalue weighted by atomic mass is 9.98. The van der Waals surface area contributed by atoms with Gasteiger partial charge in [0, 0.05) is 32.0 Å². The Hall–Kier alpha value is -3.22. The van der Waals surface area contributed by atoms with Crippen LogP contribution in [0.3, 0.4) is 0 Å². The number of hydrogen-bond donors (Lipinski definition) is 0. The molecule has 1 amide bonds. The minimum Gasteiger partial charge on any atom is -0.286 e. The fourth-order valence-corrected chi connectivity index (χ4v) is 6.83. The molecule has 0 aliphatic carbocycles. The summed E-state index contributed by atoms with van der Waals surface area (Å²) in [6.07, 6.45) is 4.42. The van der Waals surface area contributed by atoms with Crippen molar-refractivity contribution in [3.63, 3.8) is 0 Å². The molecule has 1 atom stereocenters. The van der Waals surface area contributed by atoms with Gasteiger partial charge in [-0.15, -0.1) is 0 Å². The Labute approximate surface area is 210 Å². The van der Waals surface area contributed by atoms with Gasteiger partial charge >= 0.3 is 0 Å². The Kier molecular flexibility index (Phi) is 6.82. The third-order valence-corrected chi connectivity index (χ3v) is 9.08. The van der Waals surface area contributed by atoms with Crippen molar-refractivity contribution < 1.29 is 22.0 Å². The Balaban J connectivity index is 1.42. The maximum absolute atomic E-state index is 14.3. The molecule has 4 aromatic rings. The van der Waals surface area contributed by atoms with Gasteiger partial charge in [-0.05, 0) is 55.3 Å². The van der Waals surface area contributed by atoms with Crippen molar-refractivity contribution in [2.24, 2.45) is 5.92 Å². The molecule has 2 aromatic carbocycles. The van der Waals surface area contributed by atoms with Crippen molar-refractivity contribution in [3.05, 3.63) is 72.6 Å². The predicted octanol–water partition coefficient (Wildman–Crippen LogP) is 3.91. The zero-order valence-electron chi connectivity index (χ0n) is 19.1. The summed E-state index contributed by atoms with van der Waals surface area (Å²) in [5, 5.41) is 4.53. The molecule has 0 saturated carbocycles. The fraction of sp³-hybridized carbons (Fsp3) is 0.292. The Morgan fingerprint density at radius 2 is 1.94 bits per heavy atom. The molecule has 188 valence electrons. The van der Waals surface area contributed by atoms with Gasteiger partial charge in [0.05, 0.1) is 22.1 Å². The first-order valence-corrected chi connectivity index (χ1v) is 13.7. The summed E-state index contributed by atoms with van der Waals surface area (Å²) >= 11 is 1.21. The standard InChI is InChI=1S/C24H23F2N5O3S2/c25-18-7-9-19(10-8-18)36(33,34)30-13-2-4-17(16-30)23(32)31(15-14-29-12-3-11-27-29)24-28-22-20(26)5-1-6-21(22)35-24/h1,3,5-12,17H,2,4,13-16H2. The van der Waals surface area contributed by atoms with Gasteiger partial charge in [-0.2, -0.15) is 9.40 Å². The number of fused-ring (bicyclic) bond motifs is 1. The van der Waals surface area contributed by atoms with Crippen molar-refractivity contribution in [3.8, 4) is 0 Å². The first-order chi connectivity index (χ1) is 17.3. The number of benzene rings is 2. The first-order valence-electron chi connectivity index (χ1n) is 11.4. The van der Waals surface area contributed by atoms with Crippen LogP contribution in [0.15, 0.2) is 65.8 Å². The van der Waals surface area contributed by atoms with Crippen LogP contribution in [0.5, 0.6) is 0 Å². The summed E-state index contributed by atoms with van der Waals surface area (Å²) in [7, 11) is -3.89. The van der Waals surface area contributed by atoms with Crippen LogP contribution in [0, 0.1) is 17.6 Å². The Morgan fingerprint density at radius 3 is 2.67 bits per heavy atom. The number of hydrogen-bond acceptors (Lipinski definition) is 6. The van der Waals surface area contributed by atoms with Gasteiger partial charge in [0.25, 0.3) is 0 Å². The van der Waals surface area contributed by atoms with Crippen LogP contribution in [0.2, 0.25) is 0 Å². The number of carbonyl (C=O) groups excluding carboxylic acids is 1. The quantitative estimate of drug-likeness (QED) is 0.361. The molecule has 1 unspecified atom stereocenters. The zero-order valence-corrected chi connectivity index (χ0v) is 20.8. The summed E-state index contributed by atoms with van der Waals surface area (Å²) in [5.41, 5.74) is 0.193. The molecule has 1 aliphatic heterocycles. The zero-order chi connectivity index (χ0) is 25.3. The van der Waals surface area contributed by atoms with Crippen molar-refractivity contribution in [2.45, 2.75) is 24.3 Å². The number of rotatable bonds is 7. The lowest BCUT2D eigenvalue weighted by molar-refractivity contribution is -0.123. The number of amides is 1. The van der Waals surface area contributed by atoms with Crippen LogP contribution in [0.25, 0.3) is 10.2 Å². The van der Waals surface area contributed by atoms with E-state index in [1.807, 2.05) is 0 Å². The Bertz CT molecular complexity index is 1470. The monoisotopic (exact) mass is 531 g/mol.